The Kier molecular flexibility index (Phi) is 5.12. The minimum absolute atomic E-state index is 0.629. The fourth-order valence-corrected chi connectivity index (χ4v) is 7.84. The summed E-state index contributed by atoms with van der Waals surface area (Å²) in [5, 5.41) is 7.10. The lowest BCUT2D eigenvalue weighted by molar-refractivity contribution is 0.670. The number of nitrogens with zero attached hydrogens (tertiary/aromatic N) is 3. The molecule has 0 fully saturated rings. The van der Waals surface area contributed by atoms with Gasteiger partial charge in [0.1, 0.15) is 11.2 Å². The van der Waals surface area contributed by atoms with Crippen LogP contribution < -0.4 is 0 Å². The zero-order valence-corrected chi connectivity index (χ0v) is 24.8. The van der Waals surface area contributed by atoms with Gasteiger partial charge in [-0.1, -0.05) is 97.1 Å². The van der Waals surface area contributed by atoms with E-state index in [1.165, 1.54) is 20.2 Å². The van der Waals surface area contributed by atoms with Gasteiger partial charge in [-0.25, -0.2) is 9.97 Å². The van der Waals surface area contributed by atoms with Crippen molar-refractivity contribution in [1.29, 1.82) is 0 Å². The van der Waals surface area contributed by atoms with Gasteiger partial charge in [-0.15, -0.1) is 11.3 Å². The average Bonchev–Trinajstić information content (AvgIpc) is 3.75. The molecule has 5 heteroatoms. The van der Waals surface area contributed by atoms with Crippen molar-refractivity contribution >= 4 is 75.3 Å². The second-order valence-electron chi connectivity index (χ2n) is 11.4. The highest BCUT2D eigenvalue weighted by molar-refractivity contribution is 7.25. The van der Waals surface area contributed by atoms with Gasteiger partial charge in [0.2, 0.25) is 5.95 Å². The van der Waals surface area contributed by atoms with Gasteiger partial charge in [-0.2, -0.15) is 0 Å². The maximum Gasteiger partial charge on any atom is 0.235 e. The van der Waals surface area contributed by atoms with Crippen molar-refractivity contribution in [3.8, 4) is 28.5 Å². The smallest absolute Gasteiger partial charge is 0.235 e. The number of para-hydroxylation sites is 1. The summed E-state index contributed by atoms with van der Waals surface area (Å²) in [6.45, 7) is 0. The third kappa shape index (κ3) is 3.71. The lowest BCUT2D eigenvalue weighted by Gasteiger charge is -2.11. The Labute approximate surface area is 261 Å². The number of furan rings is 1. The number of benzene rings is 6. The van der Waals surface area contributed by atoms with Crippen LogP contribution >= 0.6 is 11.3 Å². The standard InChI is InChI=1S/C40H23N3OS/c1-3-11-24(12-4-1)32-21-33(25-13-5-2-6-14-25)42-40(41-32)43-34-17-9-7-15-26(34)28-19-29-30-20-31-27-16-8-10-18-38(27)45-39(31)23-37(30)44-36(29)22-35(28)43/h1-23H. The molecular weight excluding hydrogens is 571 g/mol. The molecule has 4 aromatic heterocycles. The van der Waals surface area contributed by atoms with Crippen LogP contribution in [0.15, 0.2) is 144 Å². The summed E-state index contributed by atoms with van der Waals surface area (Å²) in [5.41, 5.74) is 7.67. The minimum Gasteiger partial charge on any atom is -0.456 e. The number of hydrogen-bond acceptors (Lipinski definition) is 4. The van der Waals surface area contributed by atoms with Crippen molar-refractivity contribution in [3.63, 3.8) is 0 Å². The zero-order valence-electron chi connectivity index (χ0n) is 23.9. The second kappa shape index (κ2) is 9.36. The van der Waals surface area contributed by atoms with E-state index in [0.29, 0.717) is 5.95 Å². The zero-order chi connectivity index (χ0) is 29.5. The molecule has 0 saturated heterocycles. The molecule has 0 amide bonds. The van der Waals surface area contributed by atoms with Gasteiger partial charge in [-0.05, 0) is 36.4 Å². The molecule has 0 spiro atoms. The van der Waals surface area contributed by atoms with Crippen molar-refractivity contribution in [2.24, 2.45) is 0 Å². The minimum atomic E-state index is 0.629. The first kappa shape index (κ1) is 24.6. The van der Waals surface area contributed by atoms with Crippen LogP contribution in [0.3, 0.4) is 0 Å². The number of thiophene rings is 1. The van der Waals surface area contributed by atoms with E-state index in [1.807, 2.05) is 47.7 Å². The molecule has 10 rings (SSSR count). The second-order valence-corrected chi connectivity index (χ2v) is 12.5. The molecule has 45 heavy (non-hydrogen) atoms. The van der Waals surface area contributed by atoms with Crippen LogP contribution in [-0.4, -0.2) is 14.5 Å². The number of rotatable bonds is 3. The molecule has 10 aromatic rings. The van der Waals surface area contributed by atoms with E-state index in [2.05, 4.69) is 108 Å². The highest BCUT2D eigenvalue weighted by Gasteiger charge is 2.20. The topological polar surface area (TPSA) is 43.9 Å². The Hall–Kier alpha value is -5.78. The maximum absolute atomic E-state index is 6.59. The number of aromatic nitrogens is 3. The lowest BCUT2D eigenvalue weighted by atomic mass is 10.1. The van der Waals surface area contributed by atoms with Crippen LogP contribution in [0.4, 0.5) is 0 Å². The molecule has 0 unspecified atom stereocenters. The van der Waals surface area contributed by atoms with Gasteiger partial charge in [-0.3, -0.25) is 4.57 Å². The molecule has 210 valence electrons. The molecule has 0 radical (unpaired) electrons. The van der Waals surface area contributed by atoms with E-state index in [1.54, 1.807) is 0 Å². The van der Waals surface area contributed by atoms with E-state index in [4.69, 9.17) is 14.4 Å². The predicted molar refractivity (Wildman–Crippen MR) is 187 cm³/mol. The number of hydrogen-bond donors (Lipinski definition) is 0. The Balaban J connectivity index is 1.28. The monoisotopic (exact) mass is 593 g/mol. The average molecular weight is 594 g/mol. The summed E-state index contributed by atoms with van der Waals surface area (Å²) in [5.74, 6) is 0.629. The first-order valence-corrected chi connectivity index (χ1v) is 15.8. The molecule has 0 aliphatic heterocycles. The molecule has 0 aliphatic carbocycles. The van der Waals surface area contributed by atoms with Crippen LogP contribution in [0.25, 0.3) is 92.4 Å². The predicted octanol–water partition coefficient (Wildman–Crippen LogP) is 11.2. The summed E-state index contributed by atoms with van der Waals surface area (Å²) in [4.78, 5) is 10.4. The first-order chi connectivity index (χ1) is 22.3. The molecule has 4 heterocycles. The van der Waals surface area contributed by atoms with E-state index >= 15 is 0 Å². The van der Waals surface area contributed by atoms with Crippen LogP contribution in [0.2, 0.25) is 0 Å². The Morgan fingerprint density at radius 1 is 0.444 bits per heavy atom. The largest absolute Gasteiger partial charge is 0.456 e. The van der Waals surface area contributed by atoms with Crippen LogP contribution in [0, 0.1) is 0 Å². The Bertz CT molecular complexity index is 2700. The highest BCUT2D eigenvalue weighted by Crippen LogP contribution is 2.42. The van der Waals surface area contributed by atoms with E-state index in [9.17, 15) is 0 Å². The summed E-state index contributed by atoms with van der Waals surface area (Å²) >= 11 is 1.81. The maximum atomic E-state index is 6.59. The molecule has 0 N–H and O–H groups in total. The molecule has 0 aliphatic rings. The van der Waals surface area contributed by atoms with E-state index < -0.39 is 0 Å². The molecular formula is C40H23N3OS. The molecule has 6 aromatic carbocycles. The van der Waals surface area contributed by atoms with Crippen LogP contribution in [-0.2, 0) is 0 Å². The third-order valence-corrected chi connectivity index (χ3v) is 9.95. The van der Waals surface area contributed by atoms with Gasteiger partial charge >= 0.3 is 0 Å². The lowest BCUT2D eigenvalue weighted by Crippen LogP contribution is -2.03. The third-order valence-electron chi connectivity index (χ3n) is 8.82. The van der Waals surface area contributed by atoms with Gasteiger partial charge in [0.25, 0.3) is 0 Å². The van der Waals surface area contributed by atoms with Crippen molar-refractivity contribution in [2.75, 3.05) is 0 Å². The Morgan fingerprint density at radius 2 is 1.04 bits per heavy atom. The quantitative estimate of drug-likeness (QED) is 0.205. The van der Waals surface area contributed by atoms with Gasteiger partial charge in [0, 0.05) is 58.9 Å². The van der Waals surface area contributed by atoms with Crippen molar-refractivity contribution in [2.45, 2.75) is 0 Å². The van der Waals surface area contributed by atoms with Gasteiger partial charge in [0.15, 0.2) is 0 Å². The van der Waals surface area contributed by atoms with Crippen molar-refractivity contribution in [3.05, 3.63) is 140 Å². The SMILES string of the molecule is c1ccc(-c2cc(-c3ccccc3)nc(-n3c4ccccc4c4cc5c(cc43)oc3cc4sc6ccccc6c4cc35)n2)cc1. The number of fused-ring (bicyclic) bond motifs is 9. The van der Waals surface area contributed by atoms with E-state index in [0.717, 1.165) is 66.3 Å². The normalized spacial score (nSPS) is 12.0. The molecule has 0 bridgehead atoms. The van der Waals surface area contributed by atoms with Crippen molar-refractivity contribution < 1.29 is 4.42 Å². The highest BCUT2D eigenvalue weighted by atomic mass is 32.1. The first-order valence-electron chi connectivity index (χ1n) is 15.0. The summed E-state index contributed by atoms with van der Waals surface area (Å²) in [6.07, 6.45) is 0. The molecule has 4 nitrogen and oxygen atoms in total. The molecule has 0 saturated carbocycles. The fourth-order valence-electron chi connectivity index (χ4n) is 6.72. The summed E-state index contributed by atoms with van der Waals surface area (Å²) in [7, 11) is 0. The molecule has 0 atom stereocenters. The Morgan fingerprint density at radius 3 is 1.78 bits per heavy atom. The van der Waals surface area contributed by atoms with Gasteiger partial charge < -0.3 is 4.42 Å². The van der Waals surface area contributed by atoms with E-state index in [-0.39, 0.29) is 0 Å². The van der Waals surface area contributed by atoms with Gasteiger partial charge in [0.05, 0.1) is 22.4 Å². The summed E-state index contributed by atoms with van der Waals surface area (Å²) in [6, 6.07) is 48.8. The fraction of sp³-hybridized carbons (Fsp3) is 0. The van der Waals surface area contributed by atoms with Crippen molar-refractivity contribution in [1.82, 2.24) is 14.5 Å². The van der Waals surface area contributed by atoms with Crippen LogP contribution in [0.1, 0.15) is 0 Å². The van der Waals surface area contributed by atoms with Crippen LogP contribution in [0.5, 0.6) is 0 Å². The summed E-state index contributed by atoms with van der Waals surface area (Å²) < 4.78 is 11.3.